The van der Waals surface area contributed by atoms with Crippen molar-refractivity contribution < 1.29 is 10.2 Å². The summed E-state index contributed by atoms with van der Waals surface area (Å²) in [5.41, 5.74) is 6.96. The van der Waals surface area contributed by atoms with Crippen molar-refractivity contribution in [3.63, 3.8) is 0 Å². The zero-order chi connectivity index (χ0) is 15.7. The number of rotatable bonds is 0. The van der Waals surface area contributed by atoms with Crippen LogP contribution < -0.4 is 5.73 Å². The highest BCUT2D eigenvalue weighted by Crippen LogP contribution is 2.65. The molecule has 22 heavy (non-hydrogen) atoms. The van der Waals surface area contributed by atoms with E-state index in [0.717, 1.165) is 31.1 Å². The van der Waals surface area contributed by atoms with E-state index in [1.165, 1.54) is 32.1 Å². The van der Waals surface area contributed by atoms with Crippen LogP contribution in [0, 0.1) is 34.5 Å². The van der Waals surface area contributed by atoms with Gasteiger partial charge in [-0.1, -0.05) is 13.8 Å². The number of nitrogens with two attached hydrogens (primary N) is 1. The second kappa shape index (κ2) is 4.94. The first-order valence-electron chi connectivity index (χ1n) is 9.48. The molecule has 9 atom stereocenters. The highest BCUT2D eigenvalue weighted by atomic mass is 16.3. The Hall–Kier alpha value is -0.120. The molecule has 126 valence electrons. The van der Waals surface area contributed by atoms with Gasteiger partial charge in [0.2, 0.25) is 0 Å². The van der Waals surface area contributed by atoms with Crippen molar-refractivity contribution in [3.05, 3.63) is 0 Å². The predicted molar refractivity (Wildman–Crippen MR) is 87.1 cm³/mol. The van der Waals surface area contributed by atoms with E-state index >= 15 is 0 Å². The lowest BCUT2D eigenvalue weighted by molar-refractivity contribution is -0.122. The Morgan fingerprint density at radius 3 is 2.36 bits per heavy atom. The molecule has 4 aliphatic carbocycles. The van der Waals surface area contributed by atoms with Crippen molar-refractivity contribution in [1.82, 2.24) is 0 Å². The Morgan fingerprint density at radius 1 is 0.864 bits per heavy atom. The number of aliphatic hydroxyl groups is 2. The summed E-state index contributed by atoms with van der Waals surface area (Å²) in [5, 5.41) is 20.4. The third kappa shape index (κ3) is 1.91. The first-order chi connectivity index (χ1) is 10.4. The number of aliphatic hydroxyl groups excluding tert-OH is 2. The van der Waals surface area contributed by atoms with Gasteiger partial charge in [-0.05, 0) is 85.9 Å². The van der Waals surface area contributed by atoms with E-state index in [4.69, 9.17) is 5.73 Å². The molecule has 3 heteroatoms. The van der Waals surface area contributed by atoms with Crippen LogP contribution >= 0.6 is 0 Å². The average molecular weight is 307 g/mol. The Bertz CT molecular complexity index is 455. The van der Waals surface area contributed by atoms with Crippen LogP contribution in [0.5, 0.6) is 0 Å². The molecule has 0 aliphatic heterocycles. The molecule has 0 bridgehead atoms. The highest BCUT2D eigenvalue weighted by molar-refractivity contribution is 5.12. The number of hydrogen-bond acceptors (Lipinski definition) is 3. The minimum atomic E-state index is -0.299. The van der Waals surface area contributed by atoms with Crippen LogP contribution in [-0.4, -0.2) is 28.5 Å². The Balaban J connectivity index is 1.63. The standard InChI is InChI=1S/C19H33NO2/c1-18-7-5-12(21)9-11(18)3-4-13-14(18)6-8-19(2)15(13)10-16(22)17(19)20/h11-17,21-22H,3-10,20H2,1-2H3/t11-,12-,13+,14-,15-,16-,17-,18-,19-/m0/s1. The molecule has 0 heterocycles. The zero-order valence-electron chi connectivity index (χ0n) is 14.2. The molecule has 0 radical (unpaired) electrons. The SMILES string of the molecule is C[C@]12CC[C@H](O)C[C@@H]1CC[C@@H]1[C@@H]2CC[C@]2(C)[C@@H](N)[C@@H](O)C[C@@H]12. The minimum absolute atomic E-state index is 0.0304. The highest BCUT2D eigenvalue weighted by Gasteiger charge is 2.61. The van der Waals surface area contributed by atoms with Crippen molar-refractivity contribution in [2.75, 3.05) is 0 Å². The van der Waals surface area contributed by atoms with E-state index in [9.17, 15) is 10.2 Å². The first kappa shape index (κ1) is 15.4. The monoisotopic (exact) mass is 307 g/mol. The zero-order valence-corrected chi connectivity index (χ0v) is 14.2. The molecule has 0 aromatic carbocycles. The molecule has 4 aliphatic rings. The Morgan fingerprint density at radius 2 is 1.59 bits per heavy atom. The van der Waals surface area contributed by atoms with Crippen LogP contribution in [0.2, 0.25) is 0 Å². The van der Waals surface area contributed by atoms with Crippen LogP contribution in [0.25, 0.3) is 0 Å². The molecule has 0 amide bonds. The van der Waals surface area contributed by atoms with Crippen molar-refractivity contribution in [2.24, 2.45) is 40.2 Å². The van der Waals surface area contributed by atoms with Crippen LogP contribution in [0.15, 0.2) is 0 Å². The van der Waals surface area contributed by atoms with Crippen molar-refractivity contribution >= 4 is 0 Å². The molecular weight excluding hydrogens is 274 g/mol. The fraction of sp³-hybridized carbons (Fsp3) is 1.00. The van der Waals surface area contributed by atoms with Gasteiger partial charge in [0.25, 0.3) is 0 Å². The molecule has 3 nitrogen and oxygen atoms in total. The van der Waals surface area contributed by atoms with Gasteiger partial charge < -0.3 is 15.9 Å². The summed E-state index contributed by atoms with van der Waals surface area (Å²) in [4.78, 5) is 0. The van der Waals surface area contributed by atoms with Crippen LogP contribution in [0.4, 0.5) is 0 Å². The van der Waals surface area contributed by atoms with Gasteiger partial charge in [0.05, 0.1) is 12.2 Å². The summed E-state index contributed by atoms with van der Waals surface area (Å²) in [6, 6.07) is -0.0304. The average Bonchev–Trinajstić information content (AvgIpc) is 2.72. The minimum Gasteiger partial charge on any atom is -0.393 e. The van der Waals surface area contributed by atoms with Gasteiger partial charge in [-0.15, -0.1) is 0 Å². The first-order valence-corrected chi connectivity index (χ1v) is 9.48. The molecule has 0 aromatic rings. The van der Waals surface area contributed by atoms with Crippen LogP contribution in [0.1, 0.15) is 65.2 Å². The van der Waals surface area contributed by atoms with E-state index in [1.54, 1.807) is 0 Å². The third-order valence-corrected chi connectivity index (χ3v) is 8.75. The lowest BCUT2D eigenvalue weighted by Gasteiger charge is -2.60. The second-order valence-electron chi connectivity index (χ2n) is 9.46. The third-order valence-electron chi connectivity index (χ3n) is 8.75. The van der Waals surface area contributed by atoms with Crippen LogP contribution in [-0.2, 0) is 0 Å². The smallest absolute Gasteiger partial charge is 0.0699 e. The summed E-state index contributed by atoms with van der Waals surface area (Å²) in [6.07, 6.45) is 8.77. The van der Waals surface area contributed by atoms with Gasteiger partial charge in [-0.25, -0.2) is 0 Å². The van der Waals surface area contributed by atoms with E-state index in [-0.39, 0.29) is 23.7 Å². The molecule has 4 N–H and O–H groups in total. The molecule has 0 aromatic heterocycles. The van der Waals surface area contributed by atoms with Crippen molar-refractivity contribution in [2.45, 2.75) is 83.5 Å². The molecule has 0 spiro atoms. The van der Waals surface area contributed by atoms with E-state index in [0.29, 0.717) is 17.3 Å². The topological polar surface area (TPSA) is 66.5 Å². The summed E-state index contributed by atoms with van der Waals surface area (Å²) < 4.78 is 0. The Kier molecular flexibility index (Phi) is 3.46. The van der Waals surface area contributed by atoms with Crippen molar-refractivity contribution in [3.8, 4) is 0 Å². The molecule has 4 rings (SSSR count). The van der Waals surface area contributed by atoms with Gasteiger partial charge >= 0.3 is 0 Å². The molecule has 0 saturated heterocycles. The lowest BCUT2D eigenvalue weighted by Crippen LogP contribution is -2.55. The van der Waals surface area contributed by atoms with Gasteiger partial charge in [0.15, 0.2) is 0 Å². The van der Waals surface area contributed by atoms with Crippen LogP contribution in [0.3, 0.4) is 0 Å². The normalized spacial score (nSPS) is 61.2. The molecule has 0 unspecified atom stereocenters. The maximum Gasteiger partial charge on any atom is 0.0699 e. The molecule has 4 saturated carbocycles. The van der Waals surface area contributed by atoms with E-state index in [1.807, 2.05) is 0 Å². The van der Waals surface area contributed by atoms with Gasteiger partial charge in [0.1, 0.15) is 0 Å². The number of fused-ring (bicyclic) bond motifs is 5. The fourth-order valence-corrected chi connectivity index (χ4v) is 7.29. The van der Waals surface area contributed by atoms with E-state index < -0.39 is 0 Å². The summed E-state index contributed by atoms with van der Waals surface area (Å²) in [7, 11) is 0. The fourth-order valence-electron chi connectivity index (χ4n) is 7.29. The summed E-state index contributed by atoms with van der Waals surface area (Å²) in [6.45, 7) is 4.85. The summed E-state index contributed by atoms with van der Waals surface area (Å²) in [5.74, 6) is 2.86. The summed E-state index contributed by atoms with van der Waals surface area (Å²) >= 11 is 0. The quantitative estimate of drug-likeness (QED) is 0.644. The van der Waals surface area contributed by atoms with Crippen molar-refractivity contribution in [1.29, 1.82) is 0 Å². The predicted octanol–water partition coefficient (Wildman–Crippen LogP) is 2.69. The second-order valence-corrected chi connectivity index (χ2v) is 9.46. The van der Waals surface area contributed by atoms with Gasteiger partial charge in [-0.2, -0.15) is 0 Å². The maximum absolute atomic E-state index is 10.4. The number of hydrogen-bond donors (Lipinski definition) is 3. The van der Waals surface area contributed by atoms with Gasteiger partial charge in [0, 0.05) is 6.04 Å². The maximum atomic E-state index is 10.4. The molecular formula is C19H33NO2. The lowest BCUT2D eigenvalue weighted by atomic mass is 9.45. The largest absolute Gasteiger partial charge is 0.393 e. The van der Waals surface area contributed by atoms with E-state index in [2.05, 4.69) is 13.8 Å². The molecule has 4 fully saturated rings. The Labute approximate surface area is 134 Å². The van der Waals surface area contributed by atoms with Gasteiger partial charge in [-0.3, -0.25) is 0 Å².